The first-order chi connectivity index (χ1) is 7.33. The zero-order valence-corrected chi connectivity index (χ0v) is 8.82. The standard InChI is InChI=1S/C13H16O2/c1-2-12(14)8-6-7-11-15-13-9-4-3-5-10-13/h2-5,9-10H,1,6-8,11H2. The lowest BCUT2D eigenvalue weighted by Crippen LogP contribution is -1.99. The third-order valence-electron chi connectivity index (χ3n) is 2.06. The van der Waals surface area contributed by atoms with E-state index in [9.17, 15) is 4.79 Å². The molecular weight excluding hydrogens is 188 g/mol. The minimum atomic E-state index is 0.106. The highest BCUT2D eigenvalue weighted by atomic mass is 16.5. The van der Waals surface area contributed by atoms with E-state index in [-0.39, 0.29) is 5.78 Å². The zero-order valence-electron chi connectivity index (χ0n) is 8.82. The van der Waals surface area contributed by atoms with Gasteiger partial charge in [0.25, 0.3) is 0 Å². The van der Waals surface area contributed by atoms with E-state index in [1.165, 1.54) is 6.08 Å². The molecule has 0 atom stereocenters. The second kappa shape index (κ2) is 6.82. The Labute approximate surface area is 90.6 Å². The molecule has 0 aliphatic rings. The Hall–Kier alpha value is -1.57. The number of hydrogen-bond acceptors (Lipinski definition) is 2. The normalized spacial score (nSPS) is 9.60. The lowest BCUT2D eigenvalue weighted by atomic mass is 10.2. The molecule has 2 nitrogen and oxygen atoms in total. The van der Waals surface area contributed by atoms with Gasteiger partial charge < -0.3 is 4.74 Å². The molecule has 0 saturated carbocycles. The number of rotatable bonds is 7. The Morgan fingerprint density at radius 1 is 1.27 bits per heavy atom. The molecule has 0 saturated heterocycles. The van der Waals surface area contributed by atoms with E-state index in [2.05, 4.69) is 6.58 Å². The van der Waals surface area contributed by atoms with E-state index in [0.29, 0.717) is 13.0 Å². The summed E-state index contributed by atoms with van der Waals surface area (Å²) < 4.78 is 5.48. The third kappa shape index (κ3) is 5.01. The van der Waals surface area contributed by atoms with Crippen molar-refractivity contribution in [2.75, 3.05) is 6.61 Å². The van der Waals surface area contributed by atoms with E-state index in [1.807, 2.05) is 30.3 Å². The summed E-state index contributed by atoms with van der Waals surface area (Å²) in [5.74, 6) is 0.988. The first-order valence-corrected chi connectivity index (χ1v) is 5.16. The van der Waals surface area contributed by atoms with Crippen molar-refractivity contribution in [3.8, 4) is 5.75 Å². The molecule has 0 aliphatic carbocycles. The van der Waals surface area contributed by atoms with E-state index in [1.54, 1.807) is 0 Å². The molecule has 0 heterocycles. The van der Waals surface area contributed by atoms with E-state index in [0.717, 1.165) is 18.6 Å². The second-order valence-electron chi connectivity index (χ2n) is 3.29. The van der Waals surface area contributed by atoms with Crippen LogP contribution in [0.5, 0.6) is 5.75 Å². The summed E-state index contributed by atoms with van der Waals surface area (Å²) in [7, 11) is 0. The van der Waals surface area contributed by atoms with Gasteiger partial charge in [-0.05, 0) is 31.1 Å². The minimum Gasteiger partial charge on any atom is -0.494 e. The smallest absolute Gasteiger partial charge is 0.155 e. The molecule has 0 spiro atoms. The highest BCUT2D eigenvalue weighted by Gasteiger charge is 1.96. The van der Waals surface area contributed by atoms with Crippen molar-refractivity contribution < 1.29 is 9.53 Å². The maximum atomic E-state index is 10.9. The van der Waals surface area contributed by atoms with E-state index in [4.69, 9.17) is 4.74 Å². The number of carbonyl (C=O) groups excluding carboxylic acids is 1. The number of para-hydroxylation sites is 1. The number of carbonyl (C=O) groups is 1. The quantitative estimate of drug-likeness (QED) is 0.504. The molecule has 0 unspecified atom stereocenters. The van der Waals surface area contributed by atoms with Gasteiger partial charge in [0.2, 0.25) is 0 Å². The van der Waals surface area contributed by atoms with Crippen molar-refractivity contribution in [3.63, 3.8) is 0 Å². The molecule has 1 aromatic carbocycles. The lowest BCUT2D eigenvalue weighted by Gasteiger charge is -2.04. The van der Waals surface area contributed by atoms with Crippen LogP contribution in [0.3, 0.4) is 0 Å². The predicted octanol–water partition coefficient (Wildman–Crippen LogP) is 2.99. The molecule has 0 bridgehead atoms. The summed E-state index contributed by atoms with van der Waals surface area (Å²) in [5, 5.41) is 0. The third-order valence-corrected chi connectivity index (χ3v) is 2.06. The van der Waals surface area contributed by atoms with Crippen molar-refractivity contribution in [2.24, 2.45) is 0 Å². The maximum Gasteiger partial charge on any atom is 0.155 e. The first-order valence-electron chi connectivity index (χ1n) is 5.16. The Kier molecular flexibility index (Phi) is 5.23. The molecule has 2 heteroatoms. The van der Waals surface area contributed by atoms with Gasteiger partial charge in [0.15, 0.2) is 5.78 Å². The predicted molar refractivity (Wildman–Crippen MR) is 61.0 cm³/mol. The SMILES string of the molecule is C=CC(=O)CCCCOc1ccccc1. The van der Waals surface area contributed by atoms with Gasteiger partial charge in [0.1, 0.15) is 5.75 Å². The zero-order chi connectivity index (χ0) is 10.9. The summed E-state index contributed by atoms with van der Waals surface area (Å²) in [5.41, 5.74) is 0. The van der Waals surface area contributed by atoms with Crippen LogP contribution in [0.4, 0.5) is 0 Å². The summed E-state index contributed by atoms with van der Waals surface area (Å²) in [6.45, 7) is 4.09. The van der Waals surface area contributed by atoms with Crippen molar-refractivity contribution in [1.82, 2.24) is 0 Å². The van der Waals surface area contributed by atoms with Gasteiger partial charge in [0, 0.05) is 6.42 Å². The molecule has 0 aromatic heterocycles. The van der Waals surface area contributed by atoms with Crippen molar-refractivity contribution >= 4 is 5.78 Å². The molecule has 0 amide bonds. The van der Waals surface area contributed by atoms with Gasteiger partial charge in [-0.2, -0.15) is 0 Å². The summed E-state index contributed by atoms with van der Waals surface area (Å²) in [4.78, 5) is 10.9. The monoisotopic (exact) mass is 204 g/mol. The molecular formula is C13H16O2. The van der Waals surface area contributed by atoms with Gasteiger partial charge in [-0.25, -0.2) is 0 Å². The lowest BCUT2D eigenvalue weighted by molar-refractivity contribution is -0.114. The van der Waals surface area contributed by atoms with Crippen molar-refractivity contribution in [1.29, 1.82) is 0 Å². The van der Waals surface area contributed by atoms with E-state index >= 15 is 0 Å². The summed E-state index contributed by atoms with van der Waals surface area (Å²) >= 11 is 0. The van der Waals surface area contributed by atoms with Gasteiger partial charge in [-0.1, -0.05) is 24.8 Å². The topological polar surface area (TPSA) is 26.3 Å². The van der Waals surface area contributed by atoms with Crippen LogP contribution in [-0.4, -0.2) is 12.4 Å². The maximum absolute atomic E-state index is 10.9. The number of allylic oxidation sites excluding steroid dienone is 1. The van der Waals surface area contributed by atoms with Crippen LogP contribution in [0.25, 0.3) is 0 Å². The fourth-order valence-corrected chi connectivity index (χ4v) is 1.21. The van der Waals surface area contributed by atoms with Gasteiger partial charge in [-0.3, -0.25) is 4.79 Å². The van der Waals surface area contributed by atoms with Crippen LogP contribution in [0, 0.1) is 0 Å². The Balaban J connectivity index is 2.07. The van der Waals surface area contributed by atoms with Crippen LogP contribution in [0.2, 0.25) is 0 Å². The van der Waals surface area contributed by atoms with Crippen LogP contribution >= 0.6 is 0 Å². The Bertz CT molecular complexity index is 304. The first kappa shape index (κ1) is 11.5. The molecule has 1 rings (SSSR count). The Morgan fingerprint density at radius 3 is 2.67 bits per heavy atom. The van der Waals surface area contributed by atoms with Crippen LogP contribution in [0.1, 0.15) is 19.3 Å². The van der Waals surface area contributed by atoms with Crippen LogP contribution in [-0.2, 0) is 4.79 Å². The Morgan fingerprint density at radius 2 is 2.00 bits per heavy atom. The molecule has 0 fully saturated rings. The molecule has 0 N–H and O–H groups in total. The number of unbranched alkanes of at least 4 members (excludes halogenated alkanes) is 1. The van der Waals surface area contributed by atoms with E-state index < -0.39 is 0 Å². The number of ether oxygens (including phenoxy) is 1. The number of hydrogen-bond donors (Lipinski definition) is 0. The molecule has 1 aromatic rings. The molecule has 15 heavy (non-hydrogen) atoms. The highest BCUT2D eigenvalue weighted by Crippen LogP contribution is 2.09. The van der Waals surface area contributed by atoms with Gasteiger partial charge in [-0.15, -0.1) is 0 Å². The van der Waals surface area contributed by atoms with Crippen molar-refractivity contribution in [3.05, 3.63) is 43.0 Å². The highest BCUT2D eigenvalue weighted by molar-refractivity contribution is 5.88. The van der Waals surface area contributed by atoms with Crippen LogP contribution < -0.4 is 4.74 Å². The average molecular weight is 204 g/mol. The molecule has 0 radical (unpaired) electrons. The molecule has 0 aliphatic heterocycles. The average Bonchev–Trinajstić information content (AvgIpc) is 2.29. The number of benzene rings is 1. The largest absolute Gasteiger partial charge is 0.494 e. The summed E-state index contributed by atoms with van der Waals surface area (Å²) in [6, 6.07) is 9.69. The van der Waals surface area contributed by atoms with Gasteiger partial charge >= 0.3 is 0 Å². The van der Waals surface area contributed by atoms with Crippen LogP contribution in [0.15, 0.2) is 43.0 Å². The number of ketones is 1. The summed E-state index contributed by atoms with van der Waals surface area (Å²) in [6.07, 6.45) is 3.70. The van der Waals surface area contributed by atoms with Gasteiger partial charge in [0.05, 0.1) is 6.61 Å². The molecule has 80 valence electrons. The fourth-order valence-electron chi connectivity index (χ4n) is 1.21. The van der Waals surface area contributed by atoms with Crippen molar-refractivity contribution in [2.45, 2.75) is 19.3 Å². The second-order valence-corrected chi connectivity index (χ2v) is 3.29. The minimum absolute atomic E-state index is 0.106. The fraction of sp³-hybridized carbons (Fsp3) is 0.308.